The fourth-order valence-corrected chi connectivity index (χ4v) is 2.98. The summed E-state index contributed by atoms with van der Waals surface area (Å²) in [5.41, 5.74) is 9.72. The fourth-order valence-electron chi connectivity index (χ4n) is 2.98. The number of ether oxygens (including phenoxy) is 5. The van der Waals surface area contributed by atoms with Crippen LogP contribution in [0.15, 0.2) is 24.3 Å². The predicted molar refractivity (Wildman–Crippen MR) is 121 cm³/mol. The number of hydrogen-bond acceptors (Lipinski definition) is 10. The van der Waals surface area contributed by atoms with E-state index < -0.39 is 24.0 Å². The second-order valence-electron chi connectivity index (χ2n) is 7.35. The number of rotatable bonds is 10. The molecule has 2 aliphatic carbocycles. The summed E-state index contributed by atoms with van der Waals surface area (Å²) in [6, 6.07) is 6.46. The molecule has 3 N–H and O–H groups in total. The van der Waals surface area contributed by atoms with Crippen molar-refractivity contribution in [3.63, 3.8) is 0 Å². The van der Waals surface area contributed by atoms with Crippen LogP contribution in [0.2, 0.25) is 0 Å². The van der Waals surface area contributed by atoms with Crippen molar-refractivity contribution in [2.45, 2.75) is 46.8 Å². The Morgan fingerprint density at radius 2 is 1.35 bits per heavy atom. The largest absolute Gasteiger partial charge is 0.513 e. The Kier molecular flexibility index (Phi) is 9.46. The zero-order chi connectivity index (χ0) is 25.3. The molecule has 0 aromatic carbocycles. The topological polar surface area (TPSA) is 145 Å². The van der Waals surface area contributed by atoms with Crippen LogP contribution in [-0.4, -0.2) is 43.8 Å². The third-order valence-corrected chi connectivity index (χ3v) is 4.36. The second kappa shape index (κ2) is 12.1. The summed E-state index contributed by atoms with van der Waals surface area (Å²) in [5.74, 6) is -1.48. The van der Waals surface area contributed by atoms with Crippen molar-refractivity contribution in [1.82, 2.24) is 5.48 Å². The normalized spacial score (nSPS) is 11.1. The van der Waals surface area contributed by atoms with Gasteiger partial charge in [0.1, 0.15) is 5.69 Å². The predicted octanol–water partition coefficient (Wildman–Crippen LogP) is 3.81. The number of hydroxylamine groups is 1. The van der Waals surface area contributed by atoms with Crippen molar-refractivity contribution in [1.29, 1.82) is 0 Å². The first-order chi connectivity index (χ1) is 16.1. The van der Waals surface area contributed by atoms with Gasteiger partial charge < -0.3 is 29.4 Å². The fraction of sp³-hybridized carbons (Fsp3) is 0.435. The molecule has 34 heavy (non-hydrogen) atoms. The molecule has 2 rings (SSSR count). The van der Waals surface area contributed by atoms with Crippen LogP contribution in [0.25, 0.3) is 11.1 Å². The van der Waals surface area contributed by atoms with E-state index in [2.05, 4.69) is 5.48 Å². The Morgan fingerprint density at radius 1 is 0.853 bits per heavy atom. The highest BCUT2D eigenvalue weighted by Gasteiger charge is 2.28. The van der Waals surface area contributed by atoms with Crippen molar-refractivity contribution in [2.24, 2.45) is 0 Å². The quantitative estimate of drug-likeness (QED) is 0.294. The molecular formula is C23H30N2O9. The molecule has 11 heteroatoms. The zero-order valence-corrected chi connectivity index (χ0v) is 19.9. The smallest absolute Gasteiger partial charge is 0.434 e. The lowest BCUT2D eigenvalue weighted by molar-refractivity contribution is -0.241. The maximum atomic E-state index is 12.3. The van der Waals surface area contributed by atoms with Crippen molar-refractivity contribution < 1.29 is 42.9 Å². The van der Waals surface area contributed by atoms with Gasteiger partial charge in [-0.25, -0.2) is 19.9 Å². The molecule has 0 fully saturated rings. The number of nitrogens with one attached hydrogen (secondary N) is 1. The molecule has 0 atom stereocenters. The van der Waals surface area contributed by atoms with Gasteiger partial charge in [0.15, 0.2) is 17.3 Å². The molecule has 0 unspecified atom stereocenters. The van der Waals surface area contributed by atoms with Gasteiger partial charge in [-0.1, -0.05) is 24.3 Å². The van der Waals surface area contributed by atoms with Gasteiger partial charge in [0, 0.05) is 17.7 Å². The second-order valence-corrected chi connectivity index (χ2v) is 7.35. The van der Waals surface area contributed by atoms with E-state index in [9.17, 15) is 14.4 Å². The number of hydrogen-bond donors (Lipinski definition) is 2. The van der Waals surface area contributed by atoms with Crippen LogP contribution in [0.4, 0.5) is 15.3 Å². The molecule has 0 aromatic heterocycles. The highest BCUT2D eigenvalue weighted by Crippen LogP contribution is 2.50. The monoisotopic (exact) mass is 478 g/mol. The van der Waals surface area contributed by atoms with E-state index in [1.807, 2.05) is 6.92 Å². The van der Waals surface area contributed by atoms with Crippen LogP contribution in [0.5, 0.6) is 11.5 Å². The minimum atomic E-state index is -0.983. The summed E-state index contributed by atoms with van der Waals surface area (Å²) in [6.45, 7) is 9.02. The minimum Gasteiger partial charge on any atom is -0.434 e. The van der Waals surface area contributed by atoms with Crippen LogP contribution in [0.3, 0.4) is 0 Å². The lowest BCUT2D eigenvalue weighted by Gasteiger charge is -2.24. The first-order valence-electron chi connectivity index (χ1n) is 10.8. The molecule has 0 radical (unpaired) electrons. The Hall–Kier alpha value is -3.57. The van der Waals surface area contributed by atoms with Gasteiger partial charge in [-0.2, -0.15) is 0 Å². The summed E-state index contributed by atoms with van der Waals surface area (Å²) in [5, 5.41) is 0. The lowest BCUT2D eigenvalue weighted by atomic mass is 10.2. The summed E-state index contributed by atoms with van der Waals surface area (Å²) >= 11 is 0. The SMILES string of the molecule is CCOC(=O)Oc1c2ccc(CC(=O)NOC(C)(C)OCC)ccc-2c(OC(=O)OCC)c1N. The van der Waals surface area contributed by atoms with Crippen molar-refractivity contribution in [3.05, 3.63) is 29.8 Å². The van der Waals surface area contributed by atoms with Gasteiger partial charge in [0.25, 0.3) is 0 Å². The Labute approximate surface area is 197 Å². The Bertz CT molecular complexity index is 933. The minimum absolute atomic E-state index is 0.0307. The van der Waals surface area contributed by atoms with E-state index in [0.29, 0.717) is 23.3 Å². The van der Waals surface area contributed by atoms with Crippen molar-refractivity contribution in [3.8, 4) is 22.6 Å². The standard InChI is InChI=1S/C23H30N2O9/c1-6-29-21(27)32-19-15-11-9-14(13-17(26)25-34-23(4,5)31-8-3)10-12-16(15)20(18(19)24)33-22(28)30-7-2/h9-12H,6-8,13,24H2,1-5H3,(H,25,26). The van der Waals surface area contributed by atoms with Gasteiger partial charge in [0.05, 0.1) is 19.6 Å². The maximum Gasteiger partial charge on any atom is 0.513 e. The first kappa shape index (κ1) is 26.7. The Balaban J connectivity index is 2.34. The molecule has 11 nitrogen and oxygen atoms in total. The van der Waals surface area contributed by atoms with Gasteiger partial charge in [-0.05, 0) is 40.2 Å². The van der Waals surface area contributed by atoms with Crippen LogP contribution in [0, 0.1) is 0 Å². The van der Waals surface area contributed by atoms with E-state index in [1.165, 1.54) is 0 Å². The number of nitrogens with two attached hydrogens (primary N) is 1. The molecule has 0 bridgehead atoms. The molecule has 0 saturated heterocycles. The maximum absolute atomic E-state index is 12.3. The summed E-state index contributed by atoms with van der Waals surface area (Å²) < 4.78 is 25.5. The first-order valence-corrected chi connectivity index (χ1v) is 10.8. The Morgan fingerprint density at radius 3 is 1.79 bits per heavy atom. The molecular weight excluding hydrogens is 448 g/mol. The van der Waals surface area contributed by atoms with E-state index in [-0.39, 0.29) is 36.8 Å². The van der Waals surface area contributed by atoms with Crippen LogP contribution in [0.1, 0.15) is 40.2 Å². The van der Waals surface area contributed by atoms with Gasteiger partial charge in [0.2, 0.25) is 5.91 Å². The zero-order valence-electron chi connectivity index (χ0n) is 19.9. The summed E-state index contributed by atoms with van der Waals surface area (Å²) in [7, 11) is 0. The number of amides is 1. The molecule has 186 valence electrons. The van der Waals surface area contributed by atoms with Gasteiger partial charge >= 0.3 is 12.3 Å². The molecule has 1 amide bonds. The highest BCUT2D eigenvalue weighted by atomic mass is 16.8. The molecule has 0 heterocycles. The van der Waals surface area contributed by atoms with E-state index in [4.69, 9.17) is 34.3 Å². The molecule has 0 aliphatic heterocycles. The summed E-state index contributed by atoms with van der Waals surface area (Å²) in [6.07, 6.45) is -1.97. The van der Waals surface area contributed by atoms with Gasteiger partial charge in [-0.3, -0.25) is 4.79 Å². The molecule has 0 spiro atoms. The lowest BCUT2D eigenvalue weighted by Crippen LogP contribution is -2.38. The average molecular weight is 478 g/mol. The van der Waals surface area contributed by atoms with E-state index in [1.54, 1.807) is 52.0 Å². The number of carbonyl (C=O) groups is 3. The highest BCUT2D eigenvalue weighted by molar-refractivity contribution is 5.95. The third-order valence-electron chi connectivity index (χ3n) is 4.36. The third kappa shape index (κ3) is 7.22. The van der Waals surface area contributed by atoms with E-state index in [0.717, 1.165) is 0 Å². The van der Waals surface area contributed by atoms with E-state index >= 15 is 0 Å². The van der Waals surface area contributed by atoms with Crippen LogP contribution < -0.4 is 20.7 Å². The summed E-state index contributed by atoms with van der Waals surface area (Å²) in [4.78, 5) is 41.5. The molecule has 0 saturated carbocycles. The number of anilines is 1. The van der Waals surface area contributed by atoms with Crippen molar-refractivity contribution in [2.75, 3.05) is 25.6 Å². The van der Waals surface area contributed by atoms with Crippen molar-refractivity contribution >= 4 is 23.9 Å². The number of carbonyl (C=O) groups excluding carboxylic acids is 3. The van der Waals surface area contributed by atoms with Crippen LogP contribution in [-0.2, 0) is 30.3 Å². The molecule has 0 aromatic rings. The van der Waals surface area contributed by atoms with Gasteiger partial charge in [-0.15, -0.1) is 0 Å². The average Bonchev–Trinajstić information content (AvgIpc) is 2.89. The number of nitrogen functional groups attached to an aromatic ring is 1. The number of fused-ring (bicyclic) bond motifs is 1. The van der Waals surface area contributed by atoms with Crippen LogP contribution >= 0.6 is 0 Å². The molecule has 2 aliphatic rings.